The number of nitrogen functional groups attached to an aromatic ring is 1. The summed E-state index contributed by atoms with van der Waals surface area (Å²) in [5.74, 6) is 0. The first kappa shape index (κ1) is 15.7. The summed E-state index contributed by atoms with van der Waals surface area (Å²) in [5, 5.41) is 6.08. The number of nitrogens with one attached hydrogen (secondary N) is 1. The van der Waals surface area contributed by atoms with Gasteiger partial charge in [-0.2, -0.15) is 0 Å². The first-order valence-corrected chi connectivity index (χ1v) is 8.60. The Balaban J connectivity index is 2.26. The minimum Gasteiger partial charge on any atom is -0.396 e. The van der Waals surface area contributed by atoms with Gasteiger partial charge in [0.15, 0.2) is 0 Å². The Hall–Kier alpha value is -1.64. The van der Waals surface area contributed by atoms with Crippen molar-refractivity contribution in [2.24, 2.45) is 0 Å². The van der Waals surface area contributed by atoms with Crippen molar-refractivity contribution in [2.45, 2.75) is 18.4 Å². The van der Waals surface area contributed by atoms with Gasteiger partial charge in [0.2, 0.25) is 10.0 Å². The molecule has 0 aliphatic heterocycles. The molecule has 0 radical (unpaired) electrons. The molecule has 2 rings (SSSR count). The van der Waals surface area contributed by atoms with Crippen molar-refractivity contribution in [2.75, 3.05) is 25.1 Å². The molecule has 0 aliphatic carbocycles. The number of aryl methyl sites for hydroxylation is 1. The van der Waals surface area contributed by atoms with Crippen molar-refractivity contribution in [3.05, 3.63) is 34.3 Å². The minimum atomic E-state index is -3.55. The summed E-state index contributed by atoms with van der Waals surface area (Å²) in [6.45, 7) is 2.44. The predicted octanol–water partition coefficient (Wildman–Crippen LogP) is 1.90. The van der Waals surface area contributed by atoms with E-state index in [-0.39, 0.29) is 10.6 Å². The molecule has 1 aromatic carbocycles. The largest absolute Gasteiger partial charge is 0.396 e. The Morgan fingerprint density at radius 2 is 2.10 bits per heavy atom. The molecule has 0 saturated carbocycles. The molecular weight excluding hydrogens is 308 g/mol. The second-order valence-electron chi connectivity index (χ2n) is 4.72. The second-order valence-corrected chi connectivity index (χ2v) is 7.90. The van der Waals surface area contributed by atoms with E-state index in [2.05, 4.69) is 10.3 Å². The van der Waals surface area contributed by atoms with E-state index in [0.29, 0.717) is 12.2 Å². The van der Waals surface area contributed by atoms with Crippen LogP contribution in [0, 0.1) is 6.92 Å². The molecule has 0 saturated heterocycles. The molecule has 0 amide bonds. The number of hydrogen-bond acceptors (Lipinski definition) is 6. The van der Waals surface area contributed by atoms with E-state index in [4.69, 9.17) is 5.73 Å². The Labute approximate surface area is 128 Å². The SMILES string of the molecule is Cc1nc(CNc2cccc(S(=O)(=O)N(C)C)c2N)cs1. The summed E-state index contributed by atoms with van der Waals surface area (Å²) in [4.78, 5) is 4.45. The number of anilines is 2. The van der Waals surface area contributed by atoms with Gasteiger partial charge >= 0.3 is 0 Å². The number of nitrogens with zero attached hydrogens (tertiary/aromatic N) is 2. The number of nitrogens with two attached hydrogens (primary N) is 1. The number of hydrogen-bond donors (Lipinski definition) is 2. The van der Waals surface area contributed by atoms with Crippen LogP contribution in [0.1, 0.15) is 10.7 Å². The van der Waals surface area contributed by atoms with E-state index >= 15 is 0 Å². The third kappa shape index (κ3) is 3.34. The minimum absolute atomic E-state index is 0.104. The lowest BCUT2D eigenvalue weighted by molar-refractivity contribution is 0.521. The first-order valence-electron chi connectivity index (χ1n) is 6.28. The Morgan fingerprint density at radius 3 is 2.67 bits per heavy atom. The molecule has 0 atom stereocenters. The second kappa shape index (κ2) is 6.00. The van der Waals surface area contributed by atoms with Crippen LogP contribution in [0.3, 0.4) is 0 Å². The molecule has 8 heteroatoms. The van der Waals surface area contributed by atoms with E-state index in [0.717, 1.165) is 15.0 Å². The van der Waals surface area contributed by atoms with Gasteiger partial charge in [-0.1, -0.05) is 6.07 Å². The lowest BCUT2D eigenvalue weighted by Gasteiger charge is -2.16. The molecule has 0 bridgehead atoms. The van der Waals surface area contributed by atoms with Crippen molar-refractivity contribution < 1.29 is 8.42 Å². The maximum absolute atomic E-state index is 12.2. The van der Waals surface area contributed by atoms with Gasteiger partial charge < -0.3 is 11.1 Å². The van der Waals surface area contributed by atoms with E-state index < -0.39 is 10.0 Å². The van der Waals surface area contributed by atoms with E-state index in [9.17, 15) is 8.42 Å². The third-order valence-corrected chi connectivity index (χ3v) is 5.65. The number of thiazole rings is 1. The zero-order chi connectivity index (χ0) is 15.6. The molecule has 2 aromatic rings. The molecule has 1 heterocycles. The molecule has 0 spiro atoms. The Morgan fingerprint density at radius 1 is 1.38 bits per heavy atom. The highest BCUT2D eigenvalue weighted by Crippen LogP contribution is 2.28. The average molecular weight is 326 g/mol. The fourth-order valence-electron chi connectivity index (χ4n) is 1.80. The number of benzene rings is 1. The van der Waals surface area contributed by atoms with Crippen LogP contribution >= 0.6 is 11.3 Å². The zero-order valence-corrected chi connectivity index (χ0v) is 13.8. The predicted molar refractivity (Wildman–Crippen MR) is 85.9 cm³/mol. The summed E-state index contributed by atoms with van der Waals surface area (Å²) in [5.41, 5.74) is 7.70. The van der Waals surface area contributed by atoms with Crippen LogP contribution in [-0.4, -0.2) is 31.8 Å². The van der Waals surface area contributed by atoms with Gasteiger partial charge in [0.1, 0.15) is 4.90 Å². The monoisotopic (exact) mass is 326 g/mol. The molecule has 21 heavy (non-hydrogen) atoms. The highest BCUT2D eigenvalue weighted by molar-refractivity contribution is 7.89. The van der Waals surface area contributed by atoms with Crippen molar-refractivity contribution in [1.29, 1.82) is 0 Å². The molecule has 0 unspecified atom stereocenters. The Kier molecular flexibility index (Phi) is 4.50. The number of aromatic nitrogens is 1. The van der Waals surface area contributed by atoms with Crippen LogP contribution in [0.25, 0.3) is 0 Å². The summed E-state index contributed by atoms with van der Waals surface area (Å²) in [6.07, 6.45) is 0. The molecular formula is C13H18N4O2S2. The van der Waals surface area contributed by atoms with Crippen LogP contribution in [0.2, 0.25) is 0 Å². The highest BCUT2D eigenvalue weighted by atomic mass is 32.2. The lowest BCUT2D eigenvalue weighted by atomic mass is 10.2. The van der Waals surface area contributed by atoms with Crippen LogP contribution in [0.15, 0.2) is 28.5 Å². The van der Waals surface area contributed by atoms with Gasteiger partial charge in [0, 0.05) is 19.5 Å². The number of rotatable bonds is 5. The average Bonchev–Trinajstić information content (AvgIpc) is 2.83. The van der Waals surface area contributed by atoms with E-state index in [1.807, 2.05) is 12.3 Å². The summed E-state index contributed by atoms with van der Waals surface area (Å²) in [7, 11) is -0.596. The van der Waals surface area contributed by atoms with Gasteiger partial charge in [0.25, 0.3) is 0 Å². The fourth-order valence-corrected chi connectivity index (χ4v) is 3.44. The Bertz CT molecular complexity index is 738. The third-order valence-electron chi connectivity index (χ3n) is 2.95. The number of para-hydroxylation sites is 1. The normalized spacial score (nSPS) is 11.8. The van der Waals surface area contributed by atoms with Crippen molar-refractivity contribution in [3.8, 4) is 0 Å². The van der Waals surface area contributed by atoms with Crippen LogP contribution in [0.5, 0.6) is 0 Å². The van der Waals surface area contributed by atoms with Crippen LogP contribution < -0.4 is 11.1 Å². The van der Waals surface area contributed by atoms with Crippen LogP contribution in [0.4, 0.5) is 11.4 Å². The molecule has 0 fully saturated rings. The highest BCUT2D eigenvalue weighted by Gasteiger charge is 2.21. The molecule has 114 valence electrons. The summed E-state index contributed by atoms with van der Waals surface area (Å²) >= 11 is 1.57. The smallest absolute Gasteiger partial charge is 0.244 e. The van der Waals surface area contributed by atoms with Crippen molar-refractivity contribution in [1.82, 2.24) is 9.29 Å². The van der Waals surface area contributed by atoms with Crippen molar-refractivity contribution >= 4 is 32.7 Å². The van der Waals surface area contributed by atoms with Gasteiger partial charge in [-0.3, -0.25) is 0 Å². The van der Waals surface area contributed by atoms with Crippen molar-refractivity contribution in [3.63, 3.8) is 0 Å². The molecule has 6 nitrogen and oxygen atoms in total. The summed E-state index contributed by atoms with van der Waals surface area (Å²) in [6, 6.07) is 4.92. The van der Waals surface area contributed by atoms with E-state index in [1.165, 1.54) is 20.2 Å². The maximum Gasteiger partial charge on any atom is 0.244 e. The first-order chi connectivity index (χ1) is 9.82. The quantitative estimate of drug-likeness (QED) is 0.819. The summed E-state index contributed by atoms with van der Waals surface area (Å²) < 4.78 is 25.5. The maximum atomic E-state index is 12.2. The van der Waals surface area contributed by atoms with Gasteiger partial charge in [-0.25, -0.2) is 17.7 Å². The zero-order valence-electron chi connectivity index (χ0n) is 12.1. The van der Waals surface area contributed by atoms with Crippen LogP contribution in [-0.2, 0) is 16.6 Å². The lowest BCUT2D eigenvalue weighted by Crippen LogP contribution is -2.23. The number of sulfonamides is 1. The topological polar surface area (TPSA) is 88.3 Å². The molecule has 1 aromatic heterocycles. The fraction of sp³-hybridized carbons (Fsp3) is 0.308. The molecule has 0 aliphatic rings. The van der Waals surface area contributed by atoms with Gasteiger partial charge in [-0.05, 0) is 19.1 Å². The van der Waals surface area contributed by atoms with Gasteiger partial charge in [0.05, 0.1) is 28.6 Å². The molecule has 3 N–H and O–H groups in total. The van der Waals surface area contributed by atoms with Gasteiger partial charge in [-0.15, -0.1) is 11.3 Å². The standard InChI is InChI=1S/C13H18N4O2S2/c1-9-16-10(8-20-9)7-15-11-5-4-6-12(13(11)14)21(18,19)17(2)3/h4-6,8,15H,7,14H2,1-3H3. The van der Waals surface area contributed by atoms with E-state index in [1.54, 1.807) is 23.5 Å².